The monoisotopic (exact) mass is 869 g/mol. The first-order chi connectivity index (χ1) is 29.7. The molecule has 4 N–H and O–H groups in total. The van der Waals surface area contributed by atoms with Crippen molar-refractivity contribution in [3.05, 3.63) is 81.3 Å². The van der Waals surface area contributed by atoms with Gasteiger partial charge >= 0.3 is 11.8 Å². The number of benzene rings is 3. The number of nitrogens with one attached hydrogen (secondary N) is 1. The average Bonchev–Trinajstić information content (AvgIpc) is 3.50. The lowest BCUT2D eigenvalue weighted by Crippen LogP contribution is -2.46. The Morgan fingerprint density at radius 2 is 1.71 bits per heavy atom. The number of ether oxygens (including phenoxy) is 4. The molecule has 2 aliphatic rings. The standard InChI is InChI=1S/C48H59N3O12/c1-23-14-12-15-24(2)47(58)50-38-42(56)35-34(37-45(38)62-33-22-30(16-13-20-51(9)10)17-18-31(33)49-37)36-44(28(6)41(35)55)63-48(8,46(36)57)60-21-19-32(59-11)25(3)43(61-29(7)52)27(5)40(54)26(4)39(23)53/h12,14-15,17-19,21-23,25-27,32,39-40,43,53-54,56H,13,16,20H2,1-11H3,(H,50,58)/b14-12+,21-19+,24-15-/t23-,25+,26+,27+,32-,39-,40+,43+,48-/m0/s1. The number of aryl methyl sites for hydroxylation is 1. The van der Waals surface area contributed by atoms with E-state index >= 15 is 0 Å². The van der Waals surface area contributed by atoms with E-state index in [-0.39, 0.29) is 50.0 Å². The van der Waals surface area contributed by atoms with Crippen LogP contribution in [0.1, 0.15) is 76.4 Å². The summed E-state index contributed by atoms with van der Waals surface area (Å²) in [5.41, 5.74) is 0.859. The van der Waals surface area contributed by atoms with Crippen LogP contribution in [0.3, 0.4) is 0 Å². The summed E-state index contributed by atoms with van der Waals surface area (Å²) in [6.07, 6.45) is 5.31. The van der Waals surface area contributed by atoms with Gasteiger partial charge in [0.1, 0.15) is 28.6 Å². The van der Waals surface area contributed by atoms with E-state index in [4.69, 9.17) is 28.3 Å². The number of carbonyl (C=O) groups excluding carboxylic acids is 3. The number of methoxy groups -OCH3 is 1. The van der Waals surface area contributed by atoms with Crippen molar-refractivity contribution < 1.29 is 53.1 Å². The molecule has 0 saturated heterocycles. The van der Waals surface area contributed by atoms with Gasteiger partial charge in [-0.3, -0.25) is 19.2 Å². The second kappa shape index (κ2) is 18.6. The number of Topliss-reactive ketones (excluding diaryl/α,β-unsaturated/α-hetero) is 1. The Kier molecular flexibility index (Phi) is 13.9. The Morgan fingerprint density at radius 3 is 2.38 bits per heavy atom. The molecule has 338 valence electrons. The molecule has 0 unspecified atom stereocenters. The highest BCUT2D eigenvalue weighted by Gasteiger charge is 2.49. The number of aliphatic hydroxyl groups is 2. The van der Waals surface area contributed by atoms with Crippen molar-refractivity contribution in [3.63, 3.8) is 0 Å². The molecule has 15 heteroatoms. The number of allylic oxidation sites excluding steroid dienone is 2. The van der Waals surface area contributed by atoms with Gasteiger partial charge in [-0.2, -0.15) is 0 Å². The number of anilines is 1. The minimum Gasteiger partial charge on any atom is -0.505 e. The molecule has 6 rings (SSSR count). The predicted octanol–water partition coefficient (Wildman–Crippen LogP) is 6.49. The molecule has 0 fully saturated rings. The Morgan fingerprint density at radius 1 is 1.00 bits per heavy atom. The number of fused-ring (bicyclic) bond motifs is 2. The van der Waals surface area contributed by atoms with Crippen LogP contribution in [0.25, 0.3) is 33.0 Å². The van der Waals surface area contributed by atoms with Crippen LogP contribution in [0.15, 0.2) is 63.6 Å². The first-order valence-electron chi connectivity index (χ1n) is 21.2. The smallest absolute Gasteiger partial charge is 0.312 e. The average molecular weight is 870 g/mol. The maximum atomic E-state index is 14.7. The molecule has 1 aromatic heterocycles. The lowest BCUT2D eigenvalue weighted by Gasteiger charge is -2.38. The number of hydrogen-bond donors (Lipinski definition) is 4. The van der Waals surface area contributed by atoms with Gasteiger partial charge in [-0.05, 0) is 71.1 Å². The van der Waals surface area contributed by atoms with Crippen LogP contribution in [-0.4, -0.2) is 101 Å². The third-order valence-electron chi connectivity index (χ3n) is 12.5. The van der Waals surface area contributed by atoms with Crippen molar-refractivity contribution in [1.82, 2.24) is 9.88 Å². The van der Waals surface area contributed by atoms with Gasteiger partial charge in [0.2, 0.25) is 0 Å². The molecular formula is C48H59N3O12. The molecule has 3 heterocycles. The van der Waals surface area contributed by atoms with Gasteiger partial charge in [0.05, 0.1) is 35.5 Å². The first kappa shape index (κ1) is 46.9. The molecular weight excluding hydrogens is 811 g/mol. The number of aromatic hydroxyl groups is 1. The molecule has 4 aromatic rings. The minimum atomic E-state index is -2.03. The van der Waals surface area contributed by atoms with Crippen LogP contribution in [0, 0.1) is 30.6 Å². The molecule has 0 radical (unpaired) electrons. The van der Waals surface area contributed by atoms with Crippen molar-refractivity contribution in [1.29, 1.82) is 0 Å². The fourth-order valence-electron chi connectivity index (χ4n) is 8.61. The SMILES string of the molecule is CO[C@H]1/C=C/O[C@@]2(C)Oc3c(C)c(=O)c4c(O)c(c5oc6cc(CCCN(C)C)ccc6nc5c4c3C2=O)NC(=O)/C(C)=C\C=C\[C@H](C)[C@H](O)[C@@H](C)[C@@H](O)[C@@H](C)[C@H](OC(C)=O)[C@@H]1C. The molecule has 0 saturated carbocycles. The van der Waals surface area contributed by atoms with Crippen molar-refractivity contribution in [2.75, 3.05) is 33.1 Å². The zero-order chi connectivity index (χ0) is 46.2. The molecule has 15 nitrogen and oxygen atoms in total. The number of hydrogen-bond acceptors (Lipinski definition) is 14. The lowest BCUT2D eigenvalue weighted by atomic mass is 9.78. The molecule has 1 amide bonds. The Labute approximate surface area is 366 Å². The topological polar surface area (TPSA) is 207 Å². The highest BCUT2D eigenvalue weighted by atomic mass is 16.7. The summed E-state index contributed by atoms with van der Waals surface area (Å²) in [5, 5.41) is 37.5. The van der Waals surface area contributed by atoms with Crippen LogP contribution >= 0.6 is 0 Å². The molecule has 2 aliphatic heterocycles. The Balaban J connectivity index is 1.58. The zero-order valence-corrected chi connectivity index (χ0v) is 37.8. The second-order valence-corrected chi connectivity index (χ2v) is 17.4. The number of phenolic OH excluding ortho intramolecular Hbond substituents is 1. The number of aromatic nitrogens is 1. The van der Waals surface area contributed by atoms with Crippen molar-refractivity contribution >= 4 is 56.3 Å². The van der Waals surface area contributed by atoms with E-state index in [9.17, 15) is 34.5 Å². The third kappa shape index (κ3) is 9.10. The summed E-state index contributed by atoms with van der Waals surface area (Å²) >= 11 is 0. The van der Waals surface area contributed by atoms with Gasteiger partial charge in [0, 0.05) is 61.2 Å². The van der Waals surface area contributed by atoms with Gasteiger partial charge < -0.3 is 48.9 Å². The van der Waals surface area contributed by atoms with Crippen molar-refractivity contribution in [2.24, 2.45) is 23.7 Å². The van der Waals surface area contributed by atoms with Crippen LogP contribution in [0.5, 0.6) is 11.5 Å². The number of rotatable bonds is 6. The Hall–Kier alpha value is -5.61. The summed E-state index contributed by atoms with van der Waals surface area (Å²) in [5.74, 6) is -7.12. The molecule has 0 aliphatic carbocycles. The van der Waals surface area contributed by atoms with Gasteiger partial charge in [-0.15, -0.1) is 0 Å². The molecule has 4 bridgehead atoms. The molecule has 3 aromatic carbocycles. The Bertz CT molecular complexity index is 2600. The molecule has 63 heavy (non-hydrogen) atoms. The van der Waals surface area contributed by atoms with Crippen LogP contribution in [0.4, 0.5) is 5.69 Å². The number of aliphatic hydroxyl groups excluding tert-OH is 2. The van der Waals surface area contributed by atoms with Crippen LogP contribution in [0.2, 0.25) is 0 Å². The third-order valence-corrected chi connectivity index (χ3v) is 12.5. The maximum Gasteiger partial charge on any atom is 0.312 e. The minimum absolute atomic E-state index is 0.00612. The van der Waals surface area contributed by atoms with E-state index in [0.717, 1.165) is 24.9 Å². The van der Waals surface area contributed by atoms with E-state index in [1.807, 2.05) is 26.2 Å². The summed E-state index contributed by atoms with van der Waals surface area (Å²) in [6, 6.07) is 5.54. The van der Waals surface area contributed by atoms with Crippen LogP contribution < -0.4 is 15.5 Å². The number of ketones is 1. The summed E-state index contributed by atoms with van der Waals surface area (Å²) < 4.78 is 30.4. The second-order valence-electron chi connectivity index (χ2n) is 17.4. The maximum absolute atomic E-state index is 14.7. The number of nitrogens with zero attached hydrogens (tertiary/aromatic N) is 2. The normalized spacial score (nSPS) is 29.1. The summed E-state index contributed by atoms with van der Waals surface area (Å²) in [6.45, 7) is 13.5. The van der Waals surface area contributed by atoms with Crippen molar-refractivity contribution in [2.45, 2.75) is 98.4 Å². The highest BCUT2D eigenvalue weighted by molar-refractivity contribution is 6.26. The first-order valence-corrected chi connectivity index (χ1v) is 21.2. The van der Waals surface area contributed by atoms with E-state index in [2.05, 4.69) is 10.2 Å². The number of phenols is 1. The predicted molar refractivity (Wildman–Crippen MR) is 239 cm³/mol. The van der Waals surface area contributed by atoms with E-state index in [1.165, 1.54) is 46.3 Å². The molecule has 9 atom stereocenters. The number of esters is 1. The zero-order valence-electron chi connectivity index (χ0n) is 37.8. The summed E-state index contributed by atoms with van der Waals surface area (Å²) in [7, 11) is 5.45. The largest absolute Gasteiger partial charge is 0.505 e. The fourth-order valence-corrected chi connectivity index (χ4v) is 8.61. The lowest BCUT2D eigenvalue weighted by molar-refractivity contribution is -0.160. The van der Waals surface area contributed by atoms with E-state index < -0.39 is 82.7 Å². The van der Waals surface area contributed by atoms with E-state index in [0.29, 0.717) is 11.1 Å². The highest BCUT2D eigenvalue weighted by Crippen LogP contribution is 2.48. The van der Waals surface area contributed by atoms with Crippen LogP contribution in [-0.2, 0) is 30.2 Å². The molecule has 0 spiro atoms. The van der Waals surface area contributed by atoms with Gasteiger partial charge in [-0.1, -0.05) is 52.0 Å². The van der Waals surface area contributed by atoms with Gasteiger partial charge in [0.25, 0.3) is 11.7 Å². The van der Waals surface area contributed by atoms with Crippen molar-refractivity contribution in [3.8, 4) is 11.5 Å². The quantitative estimate of drug-likeness (QED) is 0.0708. The summed E-state index contributed by atoms with van der Waals surface area (Å²) in [4.78, 5) is 62.4. The van der Waals surface area contributed by atoms with E-state index in [1.54, 1.807) is 52.8 Å². The van der Waals surface area contributed by atoms with Gasteiger partial charge in [0.15, 0.2) is 22.3 Å². The number of carbonyl (C=O) groups is 3. The van der Waals surface area contributed by atoms with Gasteiger partial charge in [-0.25, -0.2) is 4.98 Å². The number of amides is 1. The fraction of sp³-hybridized carbons (Fsp3) is 0.479.